The van der Waals surface area contributed by atoms with E-state index in [1.165, 1.54) is 44.9 Å². The highest BCUT2D eigenvalue weighted by atomic mass is 14.7. The molecule has 0 amide bonds. The molecule has 0 saturated heterocycles. The van der Waals surface area contributed by atoms with Gasteiger partial charge in [-0.25, -0.2) is 0 Å². The quantitative estimate of drug-likeness (QED) is 0.629. The molecule has 3 rings (SSSR count). The largest absolute Gasteiger partial charge is 0.328 e. The van der Waals surface area contributed by atoms with Crippen LogP contribution >= 0.6 is 0 Å². The van der Waals surface area contributed by atoms with Gasteiger partial charge in [0.1, 0.15) is 0 Å². The third-order valence-electron chi connectivity index (χ3n) is 5.21. The van der Waals surface area contributed by atoms with E-state index in [-0.39, 0.29) is 0 Å². The molecule has 0 bridgehead atoms. The van der Waals surface area contributed by atoms with E-state index >= 15 is 0 Å². The molecular weight excluding hydrogens is 170 g/mol. The molecule has 0 aliphatic heterocycles. The summed E-state index contributed by atoms with van der Waals surface area (Å²) < 4.78 is 0. The Morgan fingerprint density at radius 3 is 2.43 bits per heavy atom. The minimum Gasteiger partial charge on any atom is -0.328 e. The highest BCUT2D eigenvalue weighted by molar-refractivity contribution is 4.96. The molecule has 3 fully saturated rings. The predicted octanol–water partition coefficient (Wildman–Crippen LogP) is 2.94. The van der Waals surface area contributed by atoms with Crippen LogP contribution < -0.4 is 5.73 Å². The fraction of sp³-hybridized carbons (Fsp3) is 1.00. The van der Waals surface area contributed by atoms with Crippen molar-refractivity contribution < 1.29 is 0 Å². The third kappa shape index (κ3) is 1.41. The van der Waals surface area contributed by atoms with Crippen LogP contribution in [0.2, 0.25) is 0 Å². The Morgan fingerprint density at radius 2 is 1.50 bits per heavy atom. The maximum atomic E-state index is 6.08. The lowest BCUT2D eigenvalue weighted by Gasteiger charge is -2.34. The fourth-order valence-electron chi connectivity index (χ4n) is 4.64. The van der Waals surface area contributed by atoms with Crippen molar-refractivity contribution >= 4 is 0 Å². The van der Waals surface area contributed by atoms with E-state index in [0.29, 0.717) is 6.04 Å². The summed E-state index contributed by atoms with van der Waals surface area (Å²) in [5, 5.41) is 0. The van der Waals surface area contributed by atoms with Gasteiger partial charge in [0.05, 0.1) is 0 Å². The molecule has 3 aliphatic rings. The number of rotatable bonds is 0. The lowest BCUT2D eigenvalue weighted by Crippen LogP contribution is -2.33. The number of hydrogen-bond donors (Lipinski definition) is 1. The van der Waals surface area contributed by atoms with Crippen molar-refractivity contribution in [3.63, 3.8) is 0 Å². The van der Waals surface area contributed by atoms with E-state index < -0.39 is 0 Å². The Balaban J connectivity index is 1.74. The standard InChI is InChI=1S/C13H23N/c14-11-5-6-13-10(8-11)7-9-3-1-2-4-12(9)13/h9-13H,1-8,14H2. The van der Waals surface area contributed by atoms with E-state index in [9.17, 15) is 0 Å². The Bertz CT molecular complexity index is 213. The maximum Gasteiger partial charge on any atom is 0.00416 e. The predicted molar refractivity (Wildman–Crippen MR) is 58.9 cm³/mol. The number of nitrogens with two attached hydrogens (primary N) is 1. The van der Waals surface area contributed by atoms with Crippen LogP contribution in [0.4, 0.5) is 0 Å². The molecule has 14 heavy (non-hydrogen) atoms. The molecule has 0 aromatic rings. The molecule has 0 spiro atoms. The van der Waals surface area contributed by atoms with Crippen LogP contribution in [-0.2, 0) is 0 Å². The van der Waals surface area contributed by atoms with Crippen molar-refractivity contribution in [3.8, 4) is 0 Å². The van der Waals surface area contributed by atoms with E-state index in [1.807, 2.05) is 0 Å². The molecule has 0 aromatic heterocycles. The van der Waals surface area contributed by atoms with E-state index in [4.69, 9.17) is 5.73 Å². The van der Waals surface area contributed by atoms with Crippen molar-refractivity contribution in [2.24, 2.45) is 29.4 Å². The van der Waals surface area contributed by atoms with Gasteiger partial charge in [-0.3, -0.25) is 0 Å². The van der Waals surface area contributed by atoms with Crippen molar-refractivity contribution in [1.29, 1.82) is 0 Å². The number of hydrogen-bond acceptors (Lipinski definition) is 1. The van der Waals surface area contributed by atoms with Crippen molar-refractivity contribution in [1.82, 2.24) is 0 Å². The maximum absolute atomic E-state index is 6.08. The summed E-state index contributed by atoms with van der Waals surface area (Å²) in [6, 6.07) is 0.538. The van der Waals surface area contributed by atoms with Gasteiger partial charge in [-0.05, 0) is 55.8 Å². The van der Waals surface area contributed by atoms with Crippen LogP contribution in [0.25, 0.3) is 0 Å². The summed E-state index contributed by atoms with van der Waals surface area (Å²) in [6.45, 7) is 0. The first-order valence-corrected chi connectivity index (χ1v) is 6.60. The molecule has 0 heterocycles. The highest BCUT2D eigenvalue weighted by Crippen LogP contribution is 2.53. The Hall–Kier alpha value is -0.0400. The van der Waals surface area contributed by atoms with E-state index in [2.05, 4.69) is 0 Å². The van der Waals surface area contributed by atoms with Crippen LogP contribution in [0.15, 0.2) is 0 Å². The zero-order chi connectivity index (χ0) is 9.54. The van der Waals surface area contributed by atoms with Crippen LogP contribution in [0.3, 0.4) is 0 Å². The van der Waals surface area contributed by atoms with Crippen molar-refractivity contribution in [2.45, 2.75) is 57.4 Å². The minimum atomic E-state index is 0.538. The van der Waals surface area contributed by atoms with Gasteiger partial charge in [0.2, 0.25) is 0 Å². The summed E-state index contributed by atoms with van der Waals surface area (Å²) in [4.78, 5) is 0. The Labute approximate surface area is 87.4 Å². The van der Waals surface area contributed by atoms with Gasteiger partial charge < -0.3 is 5.73 Å². The van der Waals surface area contributed by atoms with Gasteiger partial charge in [0.15, 0.2) is 0 Å². The van der Waals surface area contributed by atoms with Gasteiger partial charge in [-0.15, -0.1) is 0 Å². The Kier molecular flexibility index (Phi) is 2.31. The van der Waals surface area contributed by atoms with Gasteiger partial charge in [-0.2, -0.15) is 0 Å². The second kappa shape index (κ2) is 3.52. The first kappa shape index (κ1) is 9.21. The molecule has 80 valence electrons. The first-order chi connectivity index (χ1) is 6.84. The van der Waals surface area contributed by atoms with Gasteiger partial charge in [-0.1, -0.05) is 19.3 Å². The number of fused-ring (bicyclic) bond motifs is 3. The van der Waals surface area contributed by atoms with Crippen LogP contribution in [0, 0.1) is 23.7 Å². The fourth-order valence-corrected chi connectivity index (χ4v) is 4.64. The summed E-state index contributed by atoms with van der Waals surface area (Å²) in [6.07, 6.45) is 11.7. The molecule has 1 heteroatoms. The normalized spacial score (nSPS) is 52.5. The molecule has 5 atom stereocenters. The molecular formula is C13H23N. The van der Waals surface area contributed by atoms with Gasteiger partial charge in [0.25, 0.3) is 0 Å². The summed E-state index contributed by atoms with van der Waals surface area (Å²) in [5.41, 5.74) is 6.08. The van der Waals surface area contributed by atoms with Gasteiger partial charge >= 0.3 is 0 Å². The first-order valence-electron chi connectivity index (χ1n) is 6.60. The van der Waals surface area contributed by atoms with Crippen molar-refractivity contribution in [3.05, 3.63) is 0 Å². The van der Waals surface area contributed by atoms with Crippen LogP contribution in [0.5, 0.6) is 0 Å². The molecule has 5 unspecified atom stereocenters. The average molecular weight is 193 g/mol. The lowest BCUT2D eigenvalue weighted by molar-refractivity contribution is 0.174. The van der Waals surface area contributed by atoms with E-state index in [0.717, 1.165) is 23.7 Å². The van der Waals surface area contributed by atoms with Gasteiger partial charge in [0, 0.05) is 6.04 Å². The minimum absolute atomic E-state index is 0.538. The molecule has 3 saturated carbocycles. The molecule has 3 aliphatic carbocycles. The molecule has 2 N–H and O–H groups in total. The van der Waals surface area contributed by atoms with Crippen LogP contribution in [0.1, 0.15) is 51.4 Å². The smallest absolute Gasteiger partial charge is 0.00416 e. The second-order valence-corrected chi connectivity index (χ2v) is 5.94. The summed E-state index contributed by atoms with van der Waals surface area (Å²) in [7, 11) is 0. The molecule has 0 radical (unpaired) electrons. The third-order valence-corrected chi connectivity index (χ3v) is 5.21. The van der Waals surface area contributed by atoms with E-state index in [1.54, 1.807) is 6.42 Å². The lowest BCUT2D eigenvalue weighted by atomic mass is 9.72. The molecule has 0 aromatic carbocycles. The molecule has 1 nitrogen and oxygen atoms in total. The zero-order valence-corrected chi connectivity index (χ0v) is 9.12. The second-order valence-electron chi connectivity index (χ2n) is 5.94. The van der Waals surface area contributed by atoms with Crippen molar-refractivity contribution in [2.75, 3.05) is 0 Å². The Morgan fingerprint density at radius 1 is 0.714 bits per heavy atom. The van der Waals surface area contributed by atoms with Crippen LogP contribution in [-0.4, -0.2) is 6.04 Å². The highest BCUT2D eigenvalue weighted by Gasteiger charge is 2.45. The summed E-state index contributed by atoms with van der Waals surface area (Å²) in [5.74, 6) is 4.32. The SMILES string of the molecule is NC1CCC2C(C1)CC1CCCCC12. The monoisotopic (exact) mass is 193 g/mol. The topological polar surface area (TPSA) is 26.0 Å². The average Bonchev–Trinajstić information content (AvgIpc) is 2.54. The summed E-state index contributed by atoms with van der Waals surface area (Å²) >= 11 is 0. The zero-order valence-electron chi connectivity index (χ0n) is 9.12.